The van der Waals surface area contributed by atoms with E-state index in [1.54, 1.807) is 24.3 Å². The van der Waals surface area contributed by atoms with E-state index in [2.05, 4.69) is 10.1 Å². The Morgan fingerprint density at radius 2 is 1.96 bits per heavy atom. The quantitative estimate of drug-likeness (QED) is 0.734. The molecule has 0 amide bonds. The number of benzene rings is 1. The molecule has 0 N–H and O–H groups in total. The first-order valence-corrected chi connectivity index (χ1v) is 7.41. The van der Waals surface area contributed by atoms with Crippen LogP contribution in [0.25, 0.3) is 15.5 Å². The van der Waals surface area contributed by atoms with E-state index in [-0.39, 0.29) is 4.96 Å². The molecule has 0 spiro atoms. The second-order valence-corrected chi connectivity index (χ2v) is 5.49. The summed E-state index contributed by atoms with van der Waals surface area (Å²) in [6.45, 7) is 2.39. The van der Waals surface area contributed by atoms with Crippen LogP contribution in [-0.2, 0) is 6.18 Å². The van der Waals surface area contributed by atoms with Crippen molar-refractivity contribution in [3.63, 3.8) is 0 Å². The van der Waals surface area contributed by atoms with Crippen LogP contribution in [0.4, 0.5) is 13.2 Å². The Balaban J connectivity index is 2.06. The Morgan fingerprint density at radius 1 is 1.26 bits per heavy atom. The lowest BCUT2D eigenvalue weighted by atomic mass is 10.2. The molecule has 3 aromatic rings. The highest BCUT2D eigenvalue weighted by Gasteiger charge is 2.34. The number of alkyl halides is 3. The number of aromatic nitrogens is 3. The zero-order valence-electron chi connectivity index (χ0n) is 11.8. The van der Waals surface area contributed by atoms with Crippen molar-refractivity contribution < 1.29 is 17.9 Å². The van der Waals surface area contributed by atoms with E-state index in [0.29, 0.717) is 29.0 Å². The number of fused-ring (bicyclic) bond motifs is 1. The Labute approximate surface area is 132 Å². The molecule has 3 rings (SSSR count). The summed E-state index contributed by atoms with van der Waals surface area (Å²) in [4.78, 5) is 15.1. The number of rotatable bonds is 3. The zero-order valence-corrected chi connectivity index (χ0v) is 12.6. The third-order valence-corrected chi connectivity index (χ3v) is 3.91. The molecule has 0 saturated heterocycles. The van der Waals surface area contributed by atoms with Crippen LogP contribution in [-0.4, -0.2) is 21.2 Å². The van der Waals surface area contributed by atoms with Crippen LogP contribution >= 0.6 is 11.3 Å². The smallest absolute Gasteiger partial charge is 0.433 e. The molecule has 9 heteroatoms. The van der Waals surface area contributed by atoms with E-state index in [4.69, 9.17) is 4.74 Å². The summed E-state index contributed by atoms with van der Waals surface area (Å²) in [6, 6.07) is 7.33. The van der Waals surface area contributed by atoms with Crippen molar-refractivity contribution in [1.29, 1.82) is 0 Å². The summed E-state index contributed by atoms with van der Waals surface area (Å²) in [7, 11) is 0. The minimum Gasteiger partial charge on any atom is -0.494 e. The first-order valence-electron chi connectivity index (χ1n) is 6.60. The standard InChI is InChI=1S/C14H10F3N3O2S/c1-2-22-9-5-3-8(4-6-9)12-19-20-11(21)7-10(14(15,16)17)18-13(20)23-12/h3-7H,2H2,1H3. The maximum absolute atomic E-state index is 12.7. The van der Waals surface area contributed by atoms with E-state index in [1.165, 1.54) is 0 Å². The van der Waals surface area contributed by atoms with Crippen LogP contribution in [0.1, 0.15) is 12.6 Å². The van der Waals surface area contributed by atoms with Gasteiger partial charge in [0.2, 0.25) is 4.96 Å². The van der Waals surface area contributed by atoms with Crippen molar-refractivity contribution in [3.05, 3.63) is 46.4 Å². The van der Waals surface area contributed by atoms with Gasteiger partial charge >= 0.3 is 6.18 Å². The molecule has 2 heterocycles. The molecule has 0 bridgehead atoms. The average molecular weight is 341 g/mol. The monoisotopic (exact) mass is 341 g/mol. The SMILES string of the molecule is CCOc1ccc(-c2nn3c(=O)cc(C(F)(F)F)nc3s2)cc1. The molecule has 1 aromatic carbocycles. The van der Waals surface area contributed by atoms with Gasteiger partial charge in [0.1, 0.15) is 10.8 Å². The molecule has 0 atom stereocenters. The number of nitrogens with zero attached hydrogens (tertiary/aromatic N) is 3. The first-order chi connectivity index (χ1) is 10.9. The topological polar surface area (TPSA) is 56.5 Å². The van der Waals surface area contributed by atoms with Crippen molar-refractivity contribution in [2.45, 2.75) is 13.1 Å². The molecule has 0 aliphatic carbocycles. The molecular weight excluding hydrogens is 331 g/mol. The third-order valence-electron chi connectivity index (χ3n) is 2.95. The first kappa shape index (κ1) is 15.5. The van der Waals surface area contributed by atoms with E-state index in [0.717, 1.165) is 15.9 Å². The highest BCUT2D eigenvalue weighted by molar-refractivity contribution is 7.19. The van der Waals surface area contributed by atoms with Gasteiger partial charge in [0.25, 0.3) is 5.56 Å². The lowest BCUT2D eigenvalue weighted by Crippen LogP contribution is -2.19. The summed E-state index contributed by atoms with van der Waals surface area (Å²) < 4.78 is 44.3. The van der Waals surface area contributed by atoms with Crippen LogP contribution in [0, 0.1) is 0 Å². The van der Waals surface area contributed by atoms with Crippen LogP contribution < -0.4 is 10.3 Å². The van der Waals surface area contributed by atoms with Gasteiger partial charge in [-0.15, -0.1) is 0 Å². The van der Waals surface area contributed by atoms with Gasteiger partial charge in [0, 0.05) is 11.6 Å². The Morgan fingerprint density at radius 3 is 2.57 bits per heavy atom. The van der Waals surface area contributed by atoms with Crippen molar-refractivity contribution in [2.75, 3.05) is 6.61 Å². The molecule has 5 nitrogen and oxygen atoms in total. The zero-order chi connectivity index (χ0) is 16.6. The Kier molecular flexibility index (Phi) is 3.80. The highest BCUT2D eigenvalue weighted by atomic mass is 32.1. The maximum Gasteiger partial charge on any atom is 0.433 e. The van der Waals surface area contributed by atoms with Crippen molar-refractivity contribution in [2.24, 2.45) is 0 Å². The molecule has 120 valence electrons. The van der Waals surface area contributed by atoms with Crippen molar-refractivity contribution >= 4 is 16.3 Å². The van der Waals surface area contributed by atoms with Gasteiger partial charge in [-0.25, -0.2) is 4.98 Å². The van der Waals surface area contributed by atoms with Crippen LogP contribution in [0.3, 0.4) is 0 Å². The van der Waals surface area contributed by atoms with Gasteiger partial charge < -0.3 is 4.74 Å². The van der Waals surface area contributed by atoms with E-state index < -0.39 is 17.4 Å². The summed E-state index contributed by atoms with van der Waals surface area (Å²) in [6.07, 6.45) is -4.67. The van der Waals surface area contributed by atoms with Crippen molar-refractivity contribution in [1.82, 2.24) is 14.6 Å². The Hall–Kier alpha value is -2.42. The number of halogens is 3. The third kappa shape index (κ3) is 3.04. The molecule has 23 heavy (non-hydrogen) atoms. The van der Waals surface area contributed by atoms with Gasteiger partial charge in [0.05, 0.1) is 6.61 Å². The fourth-order valence-electron chi connectivity index (χ4n) is 1.93. The van der Waals surface area contributed by atoms with Gasteiger partial charge in [-0.2, -0.15) is 22.8 Å². The largest absolute Gasteiger partial charge is 0.494 e. The minimum absolute atomic E-state index is 0.103. The normalized spacial score (nSPS) is 11.8. The van der Waals surface area contributed by atoms with Crippen LogP contribution in [0.2, 0.25) is 0 Å². The molecule has 0 unspecified atom stereocenters. The van der Waals surface area contributed by atoms with Crippen molar-refractivity contribution in [3.8, 4) is 16.3 Å². The summed E-state index contributed by atoms with van der Waals surface area (Å²) in [5.41, 5.74) is -1.42. The van der Waals surface area contributed by atoms with Gasteiger partial charge in [-0.1, -0.05) is 11.3 Å². The lowest BCUT2D eigenvalue weighted by Gasteiger charge is -2.03. The van der Waals surface area contributed by atoms with Gasteiger partial charge in [0.15, 0.2) is 5.69 Å². The molecule has 0 aliphatic rings. The lowest BCUT2D eigenvalue weighted by molar-refractivity contribution is -0.141. The van der Waals surface area contributed by atoms with Gasteiger partial charge in [-0.05, 0) is 31.2 Å². The van der Waals surface area contributed by atoms with E-state index >= 15 is 0 Å². The fourth-order valence-corrected chi connectivity index (χ4v) is 2.84. The molecule has 0 radical (unpaired) electrons. The van der Waals surface area contributed by atoms with Crippen LogP contribution in [0.15, 0.2) is 35.1 Å². The molecule has 0 saturated carbocycles. The minimum atomic E-state index is -4.67. The maximum atomic E-state index is 12.7. The number of ether oxygens (including phenoxy) is 1. The molecule has 0 aliphatic heterocycles. The summed E-state index contributed by atoms with van der Waals surface area (Å²) in [5.74, 6) is 0.673. The van der Waals surface area contributed by atoms with E-state index in [1.807, 2.05) is 6.92 Å². The predicted molar refractivity (Wildman–Crippen MR) is 78.7 cm³/mol. The average Bonchev–Trinajstić information content (AvgIpc) is 2.92. The number of hydrogen-bond donors (Lipinski definition) is 0. The second-order valence-electron chi connectivity index (χ2n) is 4.54. The van der Waals surface area contributed by atoms with Crippen LogP contribution in [0.5, 0.6) is 5.75 Å². The second kappa shape index (κ2) is 5.65. The Bertz CT molecular complexity index is 900. The summed E-state index contributed by atoms with van der Waals surface area (Å²) >= 11 is 0.914. The van der Waals surface area contributed by atoms with E-state index in [9.17, 15) is 18.0 Å². The number of hydrogen-bond acceptors (Lipinski definition) is 5. The van der Waals surface area contributed by atoms with Gasteiger partial charge in [-0.3, -0.25) is 4.79 Å². The fraction of sp³-hybridized carbons (Fsp3) is 0.214. The molecule has 0 fully saturated rings. The predicted octanol–water partition coefficient (Wildman–Crippen LogP) is 3.24. The molecular formula is C14H10F3N3O2S. The highest BCUT2D eigenvalue weighted by Crippen LogP contribution is 2.30. The summed E-state index contributed by atoms with van der Waals surface area (Å²) in [5, 5.41) is 4.43. The molecule has 2 aromatic heterocycles.